The normalized spacial score (nSPS) is 10.5. The van der Waals surface area contributed by atoms with Crippen LogP contribution in [0.5, 0.6) is 17.2 Å². The standard InChI is InChI=1S/C17H21NO3/c1-6-14-12(4)18-17(19)16(20-5)15(14)21-13-8-10(2)7-11(3)9-13/h7-9H,6H2,1-5H3,(H,18,19). The number of aryl methyl sites for hydroxylation is 3. The summed E-state index contributed by atoms with van der Waals surface area (Å²) in [7, 11) is 1.48. The topological polar surface area (TPSA) is 51.3 Å². The second kappa shape index (κ2) is 6.04. The van der Waals surface area contributed by atoms with Crippen LogP contribution < -0.4 is 15.0 Å². The minimum absolute atomic E-state index is 0.219. The maximum atomic E-state index is 12.0. The highest BCUT2D eigenvalue weighted by Crippen LogP contribution is 2.34. The Labute approximate surface area is 124 Å². The van der Waals surface area contributed by atoms with Crippen molar-refractivity contribution in [3.05, 3.63) is 50.9 Å². The molecule has 0 bridgehead atoms. The van der Waals surface area contributed by atoms with Crippen molar-refractivity contribution in [2.45, 2.75) is 34.1 Å². The molecule has 0 aliphatic carbocycles. The van der Waals surface area contributed by atoms with Crippen molar-refractivity contribution in [3.8, 4) is 17.2 Å². The summed E-state index contributed by atoms with van der Waals surface area (Å²) in [5.74, 6) is 1.44. The van der Waals surface area contributed by atoms with Gasteiger partial charge in [0.2, 0.25) is 5.75 Å². The number of aromatic nitrogens is 1. The fourth-order valence-corrected chi connectivity index (χ4v) is 2.54. The number of hydrogen-bond donors (Lipinski definition) is 1. The fraction of sp³-hybridized carbons (Fsp3) is 0.353. The summed E-state index contributed by atoms with van der Waals surface area (Å²) < 4.78 is 11.2. The van der Waals surface area contributed by atoms with E-state index in [1.807, 2.05) is 39.8 Å². The van der Waals surface area contributed by atoms with Crippen LogP contribution in [0.3, 0.4) is 0 Å². The SMILES string of the molecule is CCc1c(C)[nH]c(=O)c(OC)c1Oc1cc(C)cc(C)c1. The zero-order chi connectivity index (χ0) is 15.6. The van der Waals surface area contributed by atoms with Gasteiger partial charge in [-0.1, -0.05) is 13.0 Å². The highest BCUT2D eigenvalue weighted by molar-refractivity contribution is 5.50. The van der Waals surface area contributed by atoms with Crippen LogP contribution >= 0.6 is 0 Å². The van der Waals surface area contributed by atoms with Gasteiger partial charge < -0.3 is 14.5 Å². The van der Waals surface area contributed by atoms with Gasteiger partial charge in [0, 0.05) is 11.3 Å². The molecule has 21 heavy (non-hydrogen) atoms. The Morgan fingerprint density at radius 3 is 2.19 bits per heavy atom. The Bertz CT molecular complexity index is 696. The highest BCUT2D eigenvalue weighted by atomic mass is 16.5. The lowest BCUT2D eigenvalue weighted by atomic mass is 10.1. The molecule has 0 atom stereocenters. The Kier molecular flexibility index (Phi) is 4.36. The quantitative estimate of drug-likeness (QED) is 0.933. The summed E-state index contributed by atoms with van der Waals surface area (Å²) in [6, 6.07) is 5.97. The molecule has 0 unspecified atom stereocenters. The number of hydrogen-bond acceptors (Lipinski definition) is 3. The lowest BCUT2D eigenvalue weighted by Gasteiger charge is -2.16. The Balaban J connectivity index is 2.59. The summed E-state index contributed by atoms with van der Waals surface area (Å²) in [6.45, 7) is 7.92. The molecule has 0 saturated carbocycles. The van der Waals surface area contributed by atoms with E-state index in [9.17, 15) is 4.79 Å². The van der Waals surface area contributed by atoms with Crippen LogP contribution in [0.25, 0.3) is 0 Å². The molecule has 2 aromatic rings. The minimum atomic E-state index is -0.272. The van der Waals surface area contributed by atoms with E-state index in [4.69, 9.17) is 9.47 Å². The van der Waals surface area contributed by atoms with Crippen LogP contribution in [0.15, 0.2) is 23.0 Å². The van der Waals surface area contributed by atoms with Crippen molar-refractivity contribution >= 4 is 0 Å². The molecule has 0 aliphatic heterocycles. The first-order valence-electron chi connectivity index (χ1n) is 7.02. The van der Waals surface area contributed by atoms with E-state index in [2.05, 4.69) is 11.1 Å². The van der Waals surface area contributed by atoms with Crippen LogP contribution in [0, 0.1) is 20.8 Å². The van der Waals surface area contributed by atoms with Crippen molar-refractivity contribution in [1.29, 1.82) is 0 Å². The molecule has 0 amide bonds. The molecule has 0 radical (unpaired) electrons. The van der Waals surface area contributed by atoms with E-state index in [-0.39, 0.29) is 11.3 Å². The predicted molar refractivity (Wildman–Crippen MR) is 83.7 cm³/mol. The molecule has 0 saturated heterocycles. The average Bonchev–Trinajstić information content (AvgIpc) is 2.37. The molecule has 1 heterocycles. The first-order chi connectivity index (χ1) is 9.96. The number of rotatable bonds is 4. The first-order valence-corrected chi connectivity index (χ1v) is 7.02. The summed E-state index contributed by atoms with van der Waals surface area (Å²) >= 11 is 0. The molecule has 1 N–H and O–H groups in total. The van der Waals surface area contributed by atoms with Crippen molar-refractivity contribution < 1.29 is 9.47 Å². The molecule has 1 aromatic carbocycles. The number of ether oxygens (including phenoxy) is 2. The smallest absolute Gasteiger partial charge is 0.294 e. The van der Waals surface area contributed by atoms with Gasteiger partial charge >= 0.3 is 0 Å². The molecule has 1 aromatic heterocycles. The number of pyridine rings is 1. The lowest BCUT2D eigenvalue weighted by molar-refractivity contribution is 0.369. The molecular weight excluding hydrogens is 266 g/mol. The van der Waals surface area contributed by atoms with Gasteiger partial charge in [0.1, 0.15) is 5.75 Å². The maximum Gasteiger partial charge on any atom is 0.294 e. The van der Waals surface area contributed by atoms with Crippen molar-refractivity contribution in [1.82, 2.24) is 4.98 Å². The van der Waals surface area contributed by atoms with E-state index >= 15 is 0 Å². The number of benzene rings is 1. The Morgan fingerprint density at radius 2 is 1.67 bits per heavy atom. The third-order valence-corrected chi connectivity index (χ3v) is 3.41. The number of methoxy groups -OCH3 is 1. The van der Waals surface area contributed by atoms with Gasteiger partial charge in [-0.05, 0) is 50.5 Å². The molecular formula is C17H21NO3. The monoisotopic (exact) mass is 287 g/mol. The molecule has 4 heteroatoms. The zero-order valence-electron chi connectivity index (χ0n) is 13.2. The van der Waals surface area contributed by atoms with Gasteiger partial charge in [-0.15, -0.1) is 0 Å². The Morgan fingerprint density at radius 1 is 1.05 bits per heavy atom. The largest absolute Gasteiger partial charge is 0.488 e. The van der Waals surface area contributed by atoms with Crippen LogP contribution in [-0.2, 0) is 6.42 Å². The first kappa shape index (κ1) is 15.2. The van der Waals surface area contributed by atoms with E-state index in [1.54, 1.807) is 0 Å². The van der Waals surface area contributed by atoms with Gasteiger partial charge in [0.15, 0.2) is 5.75 Å². The zero-order valence-corrected chi connectivity index (χ0v) is 13.2. The lowest BCUT2D eigenvalue weighted by Crippen LogP contribution is -2.14. The van der Waals surface area contributed by atoms with E-state index < -0.39 is 0 Å². The third kappa shape index (κ3) is 3.10. The number of aromatic amines is 1. The van der Waals surface area contributed by atoms with Gasteiger partial charge in [0.25, 0.3) is 5.56 Å². The summed E-state index contributed by atoms with van der Waals surface area (Å²) in [4.78, 5) is 14.8. The predicted octanol–water partition coefficient (Wildman–Crippen LogP) is 3.66. The second-order valence-corrected chi connectivity index (χ2v) is 5.20. The van der Waals surface area contributed by atoms with Gasteiger partial charge in [0.05, 0.1) is 7.11 Å². The summed E-state index contributed by atoms with van der Waals surface area (Å²) in [5.41, 5.74) is 3.71. The fourth-order valence-electron chi connectivity index (χ4n) is 2.54. The van der Waals surface area contributed by atoms with Crippen LogP contribution in [0.4, 0.5) is 0 Å². The average molecular weight is 287 g/mol. The Hall–Kier alpha value is -2.23. The minimum Gasteiger partial charge on any atom is -0.488 e. The summed E-state index contributed by atoms with van der Waals surface area (Å²) in [5, 5.41) is 0. The van der Waals surface area contributed by atoms with Gasteiger partial charge in [-0.3, -0.25) is 4.79 Å². The van der Waals surface area contributed by atoms with Crippen LogP contribution in [0.1, 0.15) is 29.3 Å². The molecule has 0 aliphatic rings. The van der Waals surface area contributed by atoms with E-state index in [1.165, 1.54) is 7.11 Å². The molecule has 0 spiro atoms. The highest BCUT2D eigenvalue weighted by Gasteiger charge is 2.18. The molecule has 4 nitrogen and oxygen atoms in total. The molecule has 112 valence electrons. The molecule has 0 fully saturated rings. The van der Waals surface area contributed by atoms with Gasteiger partial charge in [-0.25, -0.2) is 0 Å². The van der Waals surface area contributed by atoms with Crippen molar-refractivity contribution in [3.63, 3.8) is 0 Å². The van der Waals surface area contributed by atoms with Crippen LogP contribution in [-0.4, -0.2) is 12.1 Å². The maximum absolute atomic E-state index is 12.0. The van der Waals surface area contributed by atoms with Crippen molar-refractivity contribution in [2.75, 3.05) is 7.11 Å². The van der Waals surface area contributed by atoms with Crippen molar-refractivity contribution in [2.24, 2.45) is 0 Å². The van der Waals surface area contributed by atoms with E-state index in [0.717, 1.165) is 28.8 Å². The third-order valence-electron chi connectivity index (χ3n) is 3.41. The number of H-pyrrole nitrogens is 1. The van der Waals surface area contributed by atoms with E-state index in [0.29, 0.717) is 11.5 Å². The second-order valence-electron chi connectivity index (χ2n) is 5.20. The van der Waals surface area contributed by atoms with Crippen LogP contribution in [0.2, 0.25) is 0 Å². The van der Waals surface area contributed by atoms with Gasteiger partial charge in [-0.2, -0.15) is 0 Å². The number of nitrogens with one attached hydrogen (secondary N) is 1. The molecule has 2 rings (SSSR count). The summed E-state index contributed by atoms with van der Waals surface area (Å²) in [6.07, 6.45) is 0.749.